The van der Waals surface area contributed by atoms with E-state index in [0.717, 1.165) is 24.0 Å². The molecule has 1 amide bonds. The standard InChI is InChI=1S/C22H28N2O2/c1-5-26-19-16(7-6-14-23-19)15-24-20(25)22(12-13-22)18-10-8-17(9-11-18)21(2,3)4/h6-11,14H,5,12-13,15H2,1-4H3,(H,24,25). The summed E-state index contributed by atoms with van der Waals surface area (Å²) < 4.78 is 5.54. The second kappa shape index (κ2) is 7.10. The molecule has 0 aliphatic heterocycles. The predicted octanol–water partition coefficient (Wildman–Crippen LogP) is 4.13. The Labute approximate surface area is 156 Å². The van der Waals surface area contributed by atoms with Gasteiger partial charge < -0.3 is 10.1 Å². The van der Waals surface area contributed by atoms with Crippen molar-refractivity contribution in [2.75, 3.05) is 6.61 Å². The third-order valence-corrected chi connectivity index (χ3v) is 5.06. The molecule has 1 aliphatic rings. The molecule has 26 heavy (non-hydrogen) atoms. The molecule has 0 atom stereocenters. The minimum atomic E-state index is -0.371. The molecule has 4 nitrogen and oxygen atoms in total. The van der Waals surface area contributed by atoms with Crippen molar-refractivity contribution in [3.8, 4) is 5.88 Å². The van der Waals surface area contributed by atoms with Crippen LogP contribution in [0.15, 0.2) is 42.6 Å². The highest BCUT2D eigenvalue weighted by molar-refractivity contribution is 5.91. The van der Waals surface area contributed by atoms with Gasteiger partial charge in [-0.05, 0) is 42.4 Å². The minimum Gasteiger partial charge on any atom is -0.478 e. The SMILES string of the molecule is CCOc1ncccc1CNC(=O)C1(c2ccc(C(C)(C)C)cc2)CC1. The summed E-state index contributed by atoms with van der Waals surface area (Å²) in [6.45, 7) is 9.52. The van der Waals surface area contributed by atoms with Crippen LogP contribution in [0.3, 0.4) is 0 Å². The van der Waals surface area contributed by atoms with E-state index in [9.17, 15) is 4.79 Å². The molecule has 3 rings (SSSR count). The maximum atomic E-state index is 12.9. The highest BCUT2D eigenvalue weighted by Crippen LogP contribution is 2.48. The van der Waals surface area contributed by atoms with Crippen LogP contribution in [-0.2, 0) is 22.2 Å². The molecule has 1 aliphatic carbocycles. The number of rotatable bonds is 6. The Morgan fingerprint density at radius 2 is 1.88 bits per heavy atom. The van der Waals surface area contributed by atoms with Gasteiger partial charge in [-0.25, -0.2) is 4.98 Å². The molecule has 1 fully saturated rings. The molecule has 1 aromatic carbocycles. The lowest BCUT2D eigenvalue weighted by Crippen LogP contribution is -2.34. The smallest absolute Gasteiger partial charge is 0.230 e. The molecule has 0 radical (unpaired) electrons. The van der Waals surface area contributed by atoms with E-state index in [-0.39, 0.29) is 16.7 Å². The summed E-state index contributed by atoms with van der Waals surface area (Å²) in [5.41, 5.74) is 3.05. The third kappa shape index (κ3) is 3.74. The largest absolute Gasteiger partial charge is 0.478 e. The molecule has 0 spiro atoms. The minimum absolute atomic E-state index is 0.0901. The highest BCUT2D eigenvalue weighted by Gasteiger charge is 2.51. The van der Waals surface area contributed by atoms with Gasteiger partial charge in [0.05, 0.1) is 12.0 Å². The van der Waals surface area contributed by atoms with Gasteiger partial charge >= 0.3 is 0 Å². The van der Waals surface area contributed by atoms with E-state index >= 15 is 0 Å². The fourth-order valence-corrected chi connectivity index (χ4v) is 3.23. The Kier molecular flexibility index (Phi) is 5.03. The summed E-state index contributed by atoms with van der Waals surface area (Å²) in [4.78, 5) is 17.1. The predicted molar refractivity (Wildman–Crippen MR) is 103 cm³/mol. The van der Waals surface area contributed by atoms with E-state index in [1.807, 2.05) is 19.1 Å². The molecule has 1 N–H and O–H groups in total. The van der Waals surface area contributed by atoms with Crippen LogP contribution < -0.4 is 10.1 Å². The van der Waals surface area contributed by atoms with Gasteiger partial charge in [0.2, 0.25) is 11.8 Å². The molecule has 138 valence electrons. The number of nitrogens with one attached hydrogen (secondary N) is 1. The first-order valence-corrected chi connectivity index (χ1v) is 9.33. The first-order chi connectivity index (χ1) is 12.4. The zero-order chi connectivity index (χ0) is 18.8. The number of carbonyl (C=O) groups excluding carboxylic acids is 1. The number of hydrogen-bond acceptors (Lipinski definition) is 3. The molecule has 1 aromatic heterocycles. The van der Waals surface area contributed by atoms with Crippen LogP contribution in [0.5, 0.6) is 5.88 Å². The summed E-state index contributed by atoms with van der Waals surface area (Å²) in [5.74, 6) is 0.682. The number of pyridine rings is 1. The second-order valence-corrected chi connectivity index (χ2v) is 7.99. The lowest BCUT2D eigenvalue weighted by Gasteiger charge is -2.21. The quantitative estimate of drug-likeness (QED) is 0.850. The van der Waals surface area contributed by atoms with Crippen LogP contribution >= 0.6 is 0 Å². The third-order valence-electron chi connectivity index (χ3n) is 5.06. The van der Waals surface area contributed by atoms with Gasteiger partial charge in [0, 0.05) is 18.3 Å². The van der Waals surface area contributed by atoms with Crippen LogP contribution in [0, 0.1) is 0 Å². The van der Waals surface area contributed by atoms with Gasteiger partial charge in [0.25, 0.3) is 0 Å². The summed E-state index contributed by atoms with van der Waals surface area (Å²) in [7, 11) is 0. The monoisotopic (exact) mass is 352 g/mol. The van der Waals surface area contributed by atoms with Crippen molar-refractivity contribution < 1.29 is 9.53 Å². The number of amides is 1. The lowest BCUT2D eigenvalue weighted by molar-refractivity contribution is -0.123. The van der Waals surface area contributed by atoms with Gasteiger partial charge in [-0.3, -0.25) is 4.79 Å². The van der Waals surface area contributed by atoms with Gasteiger partial charge in [-0.1, -0.05) is 51.1 Å². The van der Waals surface area contributed by atoms with Crippen molar-refractivity contribution in [3.05, 3.63) is 59.3 Å². The van der Waals surface area contributed by atoms with Gasteiger partial charge in [-0.2, -0.15) is 0 Å². The van der Waals surface area contributed by atoms with Crippen molar-refractivity contribution in [2.45, 2.75) is 57.9 Å². The van der Waals surface area contributed by atoms with Crippen molar-refractivity contribution >= 4 is 5.91 Å². The van der Waals surface area contributed by atoms with Crippen molar-refractivity contribution in [1.29, 1.82) is 0 Å². The van der Waals surface area contributed by atoms with Crippen LogP contribution in [-0.4, -0.2) is 17.5 Å². The number of carbonyl (C=O) groups is 1. The van der Waals surface area contributed by atoms with Crippen molar-refractivity contribution in [1.82, 2.24) is 10.3 Å². The summed E-state index contributed by atoms with van der Waals surface area (Å²) in [6.07, 6.45) is 3.51. The highest BCUT2D eigenvalue weighted by atomic mass is 16.5. The maximum Gasteiger partial charge on any atom is 0.230 e. The lowest BCUT2D eigenvalue weighted by atomic mass is 9.85. The fourth-order valence-electron chi connectivity index (χ4n) is 3.23. The Hall–Kier alpha value is -2.36. The van der Waals surface area contributed by atoms with Crippen molar-refractivity contribution in [3.63, 3.8) is 0 Å². The second-order valence-electron chi connectivity index (χ2n) is 7.99. The number of ether oxygens (including phenoxy) is 1. The molecular formula is C22H28N2O2. The van der Waals surface area contributed by atoms with Gasteiger partial charge in [0.1, 0.15) is 0 Å². The van der Waals surface area contributed by atoms with Gasteiger partial charge in [-0.15, -0.1) is 0 Å². The normalized spacial score (nSPS) is 15.4. The fraction of sp³-hybridized carbons (Fsp3) is 0.455. The Morgan fingerprint density at radius 1 is 1.19 bits per heavy atom. The molecule has 0 bridgehead atoms. The summed E-state index contributed by atoms with van der Waals surface area (Å²) in [5, 5.41) is 3.08. The van der Waals surface area contributed by atoms with E-state index in [2.05, 4.69) is 55.3 Å². The molecule has 1 heterocycles. The van der Waals surface area contributed by atoms with E-state index in [4.69, 9.17) is 4.74 Å². The molecular weight excluding hydrogens is 324 g/mol. The van der Waals surface area contributed by atoms with E-state index in [0.29, 0.717) is 19.0 Å². The maximum absolute atomic E-state index is 12.9. The van der Waals surface area contributed by atoms with E-state index < -0.39 is 0 Å². The number of nitrogens with zero attached hydrogens (tertiary/aromatic N) is 1. The number of hydrogen-bond donors (Lipinski definition) is 1. The number of benzene rings is 1. The van der Waals surface area contributed by atoms with Crippen LogP contribution in [0.4, 0.5) is 0 Å². The molecule has 0 unspecified atom stereocenters. The van der Waals surface area contributed by atoms with Crippen molar-refractivity contribution in [2.24, 2.45) is 0 Å². The molecule has 4 heteroatoms. The Balaban J connectivity index is 1.70. The summed E-state index contributed by atoms with van der Waals surface area (Å²) >= 11 is 0. The van der Waals surface area contributed by atoms with Crippen LogP contribution in [0.1, 0.15) is 57.2 Å². The average molecular weight is 352 g/mol. The van der Waals surface area contributed by atoms with Crippen LogP contribution in [0.2, 0.25) is 0 Å². The molecule has 1 saturated carbocycles. The summed E-state index contributed by atoms with van der Waals surface area (Å²) in [6, 6.07) is 12.3. The topological polar surface area (TPSA) is 51.2 Å². The average Bonchev–Trinajstić information content (AvgIpc) is 3.42. The molecule has 2 aromatic rings. The Morgan fingerprint density at radius 3 is 2.46 bits per heavy atom. The van der Waals surface area contributed by atoms with Crippen LogP contribution in [0.25, 0.3) is 0 Å². The van der Waals surface area contributed by atoms with E-state index in [1.165, 1.54) is 5.56 Å². The first-order valence-electron chi connectivity index (χ1n) is 9.33. The first kappa shape index (κ1) is 18.4. The van der Waals surface area contributed by atoms with E-state index in [1.54, 1.807) is 6.20 Å². The van der Waals surface area contributed by atoms with Gasteiger partial charge in [0.15, 0.2) is 0 Å². The zero-order valence-corrected chi connectivity index (χ0v) is 16.1. The molecule has 0 saturated heterocycles. The zero-order valence-electron chi connectivity index (χ0n) is 16.1. The Bertz CT molecular complexity index is 771. The number of aromatic nitrogens is 1.